The van der Waals surface area contributed by atoms with Crippen LogP contribution >= 0.6 is 0 Å². The van der Waals surface area contributed by atoms with Crippen molar-refractivity contribution in [2.45, 2.75) is 13.5 Å². The number of benzene rings is 2. The first-order chi connectivity index (χ1) is 11.6. The van der Waals surface area contributed by atoms with Gasteiger partial charge >= 0.3 is 0 Å². The van der Waals surface area contributed by atoms with Crippen molar-refractivity contribution in [2.24, 2.45) is 0 Å². The van der Waals surface area contributed by atoms with E-state index in [4.69, 9.17) is 0 Å². The second kappa shape index (κ2) is 6.99. The molecular formula is C17H15F2N5. The van der Waals surface area contributed by atoms with E-state index in [-0.39, 0.29) is 5.95 Å². The van der Waals surface area contributed by atoms with Crippen LogP contribution in [0, 0.1) is 18.6 Å². The highest BCUT2D eigenvalue weighted by Gasteiger charge is 2.06. The molecule has 3 aromatic rings. The smallest absolute Gasteiger partial charge is 0.249 e. The largest absolute Gasteiger partial charge is 0.365 e. The third-order valence-electron chi connectivity index (χ3n) is 3.46. The monoisotopic (exact) mass is 327 g/mol. The number of aryl methyl sites for hydroxylation is 1. The normalized spacial score (nSPS) is 10.5. The number of halogens is 2. The minimum absolute atomic E-state index is 0.191. The van der Waals surface area contributed by atoms with Crippen LogP contribution in [0.2, 0.25) is 0 Å². The lowest BCUT2D eigenvalue weighted by Crippen LogP contribution is -2.06. The molecule has 1 heterocycles. The van der Waals surface area contributed by atoms with Crippen LogP contribution in [-0.4, -0.2) is 15.2 Å². The molecule has 0 aliphatic carbocycles. The molecule has 5 nitrogen and oxygen atoms in total. The number of rotatable bonds is 5. The minimum atomic E-state index is -0.943. The second-order valence-corrected chi connectivity index (χ2v) is 5.20. The molecule has 0 saturated carbocycles. The molecule has 122 valence electrons. The summed E-state index contributed by atoms with van der Waals surface area (Å²) in [7, 11) is 0. The first kappa shape index (κ1) is 15.8. The van der Waals surface area contributed by atoms with Gasteiger partial charge in [-0.15, -0.1) is 5.10 Å². The number of nitrogens with zero attached hydrogens (tertiary/aromatic N) is 3. The molecule has 2 aromatic carbocycles. The molecule has 0 unspecified atom stereocenters. The van der Waals surface area contributed by atoms with E-state index in [9.17, 15) is 8.78 Å². The van der Waals surface area contributed by atoms with Gasteiger partial charge in [-0.3, -0.25) is 0 Å². The van der Waals surface area contributed by atoms with E-state index in [1.165, 1.54) is 17.8 Å². The number of nitrogens with one attached hydrogen (secondary N) is 2. The van der Waals surface area contributed by atoms with Gasteiger partial charge in [-0.25, -0.2) is 8.78 Å². The molecule has 0 atom stereocenters. The Bertz CT molecular complexity index is 854. The molecular weight excluding hydrogens is 312 g/mol. The van der Waals surface area contributed by atoms with E-state index in [0.717, 1.165) is 17.7 Å². The topological polar surface area (TPSA) is 62.7 Å². The summed E-state index contributed by atoms with van der Waals surface area (Å²) in [5.41, 5.74) is 2.66. The van der Waals surface area contributed by atoms with Crippen LogP contribution in [0.25, 0.3) is 0 Å². The van der Waals surface area contributed by atoms with Gasteiger partial charge in [-0.2, -0.15) is 10.1 Å². The fourth-order valence-electron chi connectivity index (χ4n) is 2.14. The summed E-state index contributed by atoms with van der Waals surface area (Å²) in [6.45, 7) is 2.63. The van der Waals surface area contributed by atoms with Crippen LogP contribution < -0.4 is 10.6 Å². The zero-order chi connectivity index (χ0) is 16.9. The number of hydrogen-bond acceptors (Lipinski definition) is 5. The Morgan fingerprint density at radius 1 is 1.04 bits per heavy atom. The van der Waals surface area contributed by atoms with Gasteiger partial charge in [0.05, 0.1) is 6.20 Å². The van der Waals surface area contributed by atoms with Crippen molar-refractivity contribution in [3.8, 4) is 0 Å². The average Bonchev–Trinajstić information content (AvgIpc) is 2.58. The van der Waals surface area contributed by atoms with Crippen LogP contribution in [0.1, 0.15) is 11.1 Å². The van der Waals surface area contributed by atoms with Crippen molar-refractivity contribution in [3.63, 3.8) is 0 Å². The van der Waals surface area contributed by atoms with Gasteiger partial charge in [0.2, 0.25) is 5.95 Å². The van der Waals surface area contributed by atoms with E-state index in [2.05, 4.69) is 25.8 Å². The summed E-state index contributed by atoms with van der Waals surface area (Å²) in [5.74, 6) is -1.14. The highest BCUT2D eigenvalue weighted by molar-refractivity contribution is 5.54. The van der Waals surface area contributed by atoms with Gasteiger partial charge in [-0.05, 0) is 30.2 Å². The zero-order valence-electron chi connectivity index (χ0n) is 12.9. The van der Waals surface area contributed by atoms with Gasteiger partial charge in [0.25, 0.3) is 0 Å². The van der Waals surface area contributed by atoms with Gasteiger partial charge in [0, 0.05) is 18.3 Å². The quantitative estimate of drug-likeness (QED) is 0.746. The maximum atomic E-state index is 13.2. The number of anilines is 3. The minimum Gasteiger partial charge on any atom is -0.365 e. The second-order valence-electron chi connectivity index (χ2n) is 5.20. The van der Waals surface area contributed by atoms with Crippen molar-refractivity contribution in [1.29, 1.82) is 0 Å². The van der Waals surface area contributed by atoms with Crippen LogP contribution in [0.15, 0.2) is 48.7 Å². The highest BCUT2D eigenvalue weighted by Crippen LogP contribution is 2.17. The number of aromatic nitrogens is 3. The molecule has 0 amide bonds. The SMILES string of the molecule is Cc1ccccc1CNc1cnnc(Nc2ccc(F)c(F)c2)n1. The van der Waals surface area contributed by atoms with E-state index in [0.29, 0.717) is 18.1 Å². The van der Waals surface area contributed by atoms with Crippen molar-refractivity contribution >= 4 is 17.5 Å². The summed E-state index contributed by atoms with van der Waals surface area (Å²) in [4.78, 5) is 4.25. The number of hydrogen-bond donors (Lipinski definition) is 2. The van der Waals surface area contributed by atoms with E-state index < -0.39 is 11.6 Å². The molecule has 0 radical (unpaired) electrons. The summed E-state index contributed by atoms with van der Waals surface area (Å²) in [6.07, 6.45) is 1.49. The summed E-state index contributed by atoms with van der Waals surface area (Å²) >= 11 is 0. The Morgan fingerprint density at radius 3 is 2.67 bits per heavy atom. The lowest BCUT2D eigenvalue weighted by atomic mass is 10.1. The van der Waals surface area contributed by atoms with Crippen molar-refractivity contribution in [3.05, 3.63) is 71.4 Å². The van der Waals surface area contributed by atoms with Crippen LogP contribution in [0.4, 0.5) is 26.2 Å². The third-order valence-corrected chi connectivity index (χ3v) is 3.46. The first-order valence-corrected chi connectivity index (χ1v) is 7.32. The van der Waals surface area contributed by atoms with Gasteiger partial charge in [0.15, 0.2) is 17.5 Å². The fraction of sp³-hybridized carbons (Fsp3) is 0.118. The van der Waals surface area contributed by atoms with E-state index in [1.54, 1.807) is 0 Å². The zero-order valence-corrected chi connectivity index (χ0v) is 12.9. The van der Waals surface area contributed by atoms with Crippen molar-refractivity contribution < 1.29 is 8.78 Å². The fourth-order valence-corrected chi connectivity index (χ4v) is 2.14. The van der Waals surface area contributed by atoms with E-state index >= 15 is 0 Å². The Hall–Kier alpha value is -3.09. The molecule has 24 heavy (non-hydrogen) atoms. The predicted octanol–water partition coefficient (Wildman–Crippen LogP) is 3.81. The molecule has 0 fully saturated rings. The molecule has 0 bridgehead atoms. The Morgan fingerprint density at radius 2 is 1.88 bits per heavy atom. The Kier molecular flexibility index (Phi) is 4.60. The van der Waals surface area contributed by atoms with Crippen molar-refractivity contribution in [2.75, 3.05) is 10.6 Å². The Labute approximate surface area is 137 Å². The maximum absolute atomic E-state index is 13.2. The average molecular weight is 327 g/mol. The van der Waals surface area contributed by atoms with Gasteiger partial charge in [-0.1, -0.05) is 24.3 Å². The molecule has 1 aromatic heterocycles. The summed E-state index contributed by atoms with van der Waals surface area (Å²) < 4.78 is 26.2. The standard InChI is InChI=1S/C17H15F2N5/c1-11-4-2-3-5-12(11)9-20-16-10-21-24-17(23-16)22-13-6-7-14(18)15(19)8-13/h2-8,10H,9H2,1H3,(H2,20,22,23,24). The third kappa shape index (κ3) is 3.81. The van der Waals surface area contributed by atoms with Gasteiger partial charge < -0.3 is 10.6 Å². The van der Waals surface area contributed by atoms with Crippen LogP contribution in [0.3, 0.4) is 0 Å². The molecule has 0 aliphatic heterocycles. The lowest BCUT2D eigenvalue weighted by molar-refractivity contribution is 0.509. The van der Waals surface area contributed by atoms with Crippen LogP contribution in [-0.2, 0) is 6.54 Å². The lowest BCUT2D eigenvalue weighted by Gasteiger charge is -2.09. The Balaban J connectivity index is 1.69. The summed E-state index contributed by atoms with van der Waals surface area (Å²) in [6, 6.07) is 11.5. The maximum Gasteiger partial charge on any atom is 0.249 e. The highest BCUT2D eigenvalue weighted by atomic mass is 19.2. The predicted molar refractivity (Wildman–Crippen MR) is 88.0 cm³/mol. The molecule has 0 aliphatic rings. The molecule has 2 N–H and O–H groups in total. The molecule has 3 rings (SSSR count). The van der Waals surface area contributed by atoms with E-state index in [1.807, 2.05) is 31.2 Å². The first-order valence-electron chi connectivity index (χ1n) is 7.32. The molecule has 0 spiro atoms. The molecule has 7 heteroatoms. The van der Waals surface area contributed by atoms with Crippen LogP contribution in [0.5, 0.6) is 0 Å². The molecule has 0 saturated heterocycles. The summed E-state index contributed by atoms with van der Waals surface area (Å²) in [5, 5.41) is 13.6. The van der Waals surface area contributed by atoms with Crippen molar-refractivity contribution in [1.82, 2.24) is 15.2 Å². The van der Waals surface area contributed by atoms with Gasteiger partial charge in [0.1, 0.15) is 0 Å².